The van der Waals surface area contributed by atoms with E-state index in [0.717, 1.165) is 44.4 Å². The van der Waals surface area contributed by atoms with Gasteiger partial charge in [0.25, 0.3) is 0 Å². The first-order chi connectivity index (χ1) is 12.5. The molecule has 0 saturated carbocycles. The average molecular weight is 504 g/mol. The fourth-order valence-electron chi connectivity index (χ4n) is 3.81. The lowest BCUT2D eigenvalue weighted by atomic mass is 10.1. The van der Waals surface area contributed by atoms with Crippen molar-refractivity contribution in [2.45, 2.75) is 25.0 Å². The van der Waals surface area contributed by atoms with Gasteiger partial charge in [0.2, 0.25) is 0 Å². The monoisotopic (exact) mass is 504 g/mol. The molecule has 1 aromatic carbocycles. The Morgan fingerprint density at radius 1 is 1.37 bits per heavy atom. The molecule has 2 fully saturated rings. The van der Waals surface area contributed by atoms with Gasteiger partial charge in [-0.1, -0.05) is 6.07 Å². The molecule has 152 valence electrons. The van der Waals surface area contributed by atoms with Gasteiger partial charge in [-0.3, -0.25) is 4.99 Å². The molecule has 0 aromatic heterocycles. The number of benzene rings is 1. The second kappa shape index (κ2) is 10.1. The quantitative estimate of drug-likeness (QED) is 0.386. The van der Waals surface area contributed by atoms with Crippen molar-refractivity contribution in [3.05, 3.63) is 24.3 Å². The van der Waals surface area contributed by atoms with E-state index in [4.69, 9.17) is 4.74 Å². The molecule has 0 spiro atoms. The Balaban J connectivity index is 0.00000261. The van der Waals surface area contributed by atoms with Gasteiger partial charge in [-0.15, -0.1) is 24.0 Å². The van der Waals surface area contributed by atoms with Crippen LogP contribution in [0.2, 0.25) is 0 Å². The zero-order chi connectivity index (χ0) is 18.6. The summed E-state index contributed by atoms with van der Waals surface area (Å²) >= 11 is 2.05. The molecular weight excluding hydrogens is 471 g/mol. The van der Waals surface area contributed by atoms with E-state index in [1.54, 1.807) is 7.11 Å². The van der Waals surface area contributed by atoms with Crippen LogP contribution in [0, 0.1) is 5.92 Å². The van der Waals surface area contributed by atoms with E-state index in [-0.39, 0.29) is 24.0 Å². The van der Waals surface area contributed by atoms with Gasteiger partial charge >= 0.3 is 0 Å². The zero-order valence-electron chi connectivity index (χ0n) is 16.9. The van der Waals surface area contributed by atoms with Gasteiger partial charge in [-0.25, -0.2) is 0 Å². The highest BCUT2D eigenvalue weighted by Crippen LogP contribution is 2.30. The van der Waals surface area contributed by atoms with Crippen LogP contribution >= 0.6 is 35.7 Å². The minimum absolute atomic E-state index is 0. The standard InChI is InChI=1S/C20H32N4OS.HI/c1-20(2)15-24(10-11-26-20)19(21-3)22-13-16-8-9-23(14-16)17-6-5-7-18(12-17)25-4;/h5-7,12,16H,8-11,13-15H2,1-4H3,(H,21,22);1H. The highest BCUT2D eigenvalue weighted by atomic mass is 127. The molecule has 1 atom stereocenters. The Hall–Kier alpha value is -0.830. The van der Waals surface area contributed by atoms with E-state index in [1.807, 2.05) is 13.1 Å². The normalized spacial score (nSPS) is 22.4. The van der Waals surface area contributed by atoms with Crippen LogP contribution in [0.1, 0.15) is 20.3 Å². The summed E-state index contributed by atoms with van der Waals surface area (Å²) in [5.41, 5.74) is 1.26. The molecule has 3 rings (SSSR count). The van der Waals surface area contributed by atoms with Gasteiger partial charge in [0.05, 0.1) is 7.11 Å². The largest absolute Gasteiger partial charge is 0.497 e. The first-order valence-corrected chi connectivity index (χ1v) is 10.5. The summed E-state index contributed by atoms with van der Waals surface area (Å²) in [5.74, 6) is 3.79. The molecule has 5 nitrogen and oxygen atoms in total. The highest BCUT2D eigenvalue weighted by molar-refractivity contribution is 14.0. The topological polar surface area (TPSA) is 40.1 Å². The van der Waals surface area contributed by atoms with Gasteiger partial charge in [-0.05, 0) is 38.3 Å². The Bertz CT molecular complexity index is 640. The van der Waals surface area contributed by atoms with Crippen LogP contribution < -0.4 is 15.0 Å². The lowest BCUT2D eigenvalue weighted by Gasteiger charge is -2.39. The molecule has 2 saturated heterocycles. The molecule has 2 aliphatic rings. The van der Waals surface area contributed by atoms with E-state index in [1.165, 1.54) is 17.9 Å². The Morgan fingerprint density at radius 3 is 2.89 bits per heavy atom. The fraction of sp³-hybridized carbons (Fsp3) is 0.650. The molecule has 1 unspecified atom stereocenters. The van der Waals surface area contributed by atoms with E-state index < -0.39 is 0 Å². The lowest BCUT2D eigenvalue weighted by Crippen LogP contribution is -2.51. The van der Waals surface area contributed by atoms with Crippen molar-refractivity contribution in [3.63, 3.8) is 0 Å². The second-order valence-electron chi connectivity index (χ2n) is 7.76. The number of thioether (sulfide) groups is 1. The maximum atomic E-state index is 5.36. The number of halogens is 1. The molecule has 1 aromatic rings. The number of rotatable bonds is 4. The summed E-state index contributed by atoms with van der Waals surface area (Å²) < 4.78 is 5.65. The average Bonchev–Trinajstić information content (AvgIpc) is 3.10. The molecule has 0 bridgehead atoms. The van der Waals surface area contributed by atoms with Crippen molar-refractivity contribution in [3.8, 4) is 5.75 Å². The number of nitrogens with one attached hydrogen (secondary N) is 1. The van der Waals surface area contributed by atoms with E-state index in [9.17, 15) is 0 Å². The fourth-order valence-corrected chi connectivity index (χ4v) is 4.92. The highest BCUT2D eigenvalue weighted by Gasteiger charge is 2.29. The number of hydrogen-bond acceptors (Lipinski definition) is 4. The number of hydrogen-bond donors (Lipinski definition) is 1. The van der Waals surface area contributed by atoms with Crippen molar-refractivity contribution >= 4 is 47.4 Å². The smallest absolute Gasteiger partial charge is 0.193 e. The van der Waals surface area contributed by atoms with Gasteiger partial charge in [0.15, 0.2) is 5.96 Å². The number of ether oxygens (including phenoxy) is 1. The van der Waals surface area contributed by atoms with Crippen molar-refractivity contribution < 1.29 is 4.74 Å². The lowest BCUT2D eigenvalue weighted by molar-refractivity contribution is 0.372. The summed E-state index contributed by atoms with van der Waals surface area (Å²) in [7, 11) is 3.62. The second-order valence-corrected chi connectivity index (χ2v) is 9.56. The van der Waals surface area contributed by atoms with Crippen LogP contribution in [0.15, 0.2) is 29.3 Å². The third-order valence-electron chi connectivity index (χ3n) is 5.19. The molecule has 0 amide bonds. The van der Waals surface area contributed by atoms with Gasteiger partial charge in [0.1, 0.15) is 5.75 Å². The number of aliphatic imine (C=N–C) groups is 1. The summed E-state index contributed by atoms with van der Waals surface area (Å²) in [6.45, 7) is 9.94. The van der Waals surface area contributed by atoms with Gasteiger partial charge in [0, 0.05) is 62.0 Å². The third kappa shape index (κ3) is 6.07. The molecular formula is C20H33IN4OS. The van der Waals surface area contributed by atoms with E-state index >= 15 is 0 Å². The Labute approximate surface area is 185 Å². The molecule has 2 heterocycles. The van der Waals surface area contributed by atoms with E-state index in [2.05, 4.69) is 63.9 Å². The summed E-state index contributed by atoms with van der Waals surface area (Å²) in [4.78, 5) is 9.39. The Kier molecular flexibility index (Phi) is 8.39. The summed E-state index contributed by atoms with van der Waals surface area (Å²) in [6.07, 6.45) is 1.21. The minimum Gasteiger partial charge on any atom is -0.497 e. The predicted octanol–water partition coefficient (Wildman–Crippen LogP) is 3.54. The van der Waals surface area contributed by atoms with Crippen LogP contribution in [-0.4, -0.2) is 68.2 Å². The number of nitrogens with zero attached hydrogens (tertiary/aromatic N) is 3. The van der Waals surface area contributed by atoms with Crippen molar-refractivity contribution in [2.75, 3.05) is 57.5 Å². The number of anilines is 1. The Morgan fingerprint density at radius 2 is 2.19 bits per heavy atom. The molecule has 2 aliphatic heterocycles. The van der Waals surface area contributed by atoms with Crippen molar-refractivity contribution in [2.24, 2.45) is 10.9 Å². The van der Waals surface area contributed by atoms with Crippen LogP contribution in [0.4, 0.5) is 5.69 Å². The van der Waals surface area contributed by atoms with Crippen molar-refractivity contribution in [1.29, 1.82) is 0 Å². The molecule has 1 N–H and O–H groups in total. The first kappa shape index (κ1) is 22.5. The predicted molar refractivity (Wildman–Crippen MR) is 128 cm³/mol. The van der Waals surface area contributed by atoms with Gasteiger partial charge in [-0.2, -0.15) is 11.8 Å². The van der Waals surface area contributed by atoms with Crippen LogP contribution in [0.3, 0.4) is 0 Å². The maximum absolute atomic E-state index is 5.36. The summed E-state index contributed by atoms with van der Waals surface area (Å²) in [5, 5.41) is 3.63. The number of guanidine groups is 1. The molecule has 27 heavy (non-hydrogen) atoms. The third-order valence-corrected chi connectivity index (χ3v) is 6.49. The SMILES string of the molecule is CN=C(NCC1CCN(c2cccc(OC)c2)C1)N1CCSC(C)(C)C1.I. The van der Waals surface area contributed by atoms with Crippen LogP contribution in [0.5, 0.6) is 5.75 Å². The number of methoxy groups -OCH3 is 1. The van der Waals surface area contributed by atoms with Crippen molar-refractivity contribution in [1.82, 2.24) is 10.2 Å². The van der Waals surface area contributed by atoms with Crippen LogP contribution in [-0.2, 0) is 0 Å². The molecule has 7 heteroatoms. The van der Waals surface area contributed by atoms with E-state index in [0.29, 0.717) is 10.7 Å². The summed E-state index contributed by atoms with van der Waals surface area (Å²) in [6, 6.07) is 8.37. The zero-order valence-corrected chi connectivity index (χ0v) is 20.0. The maximum Gasteiger partial charge on any atom is 0.193 e. The minimum atomic E-state index is 0. The molecule has 0 aliphatic carbocycles. The van der Waals surface area contributed by atoms with Crippen LogP contribution in [0.25, 0.3) is 0 Å². The first-order valence-electron chi connectivity index (χ1n) is 9.49. The van der Waals surface area contributed by atoms with Gasteiger partial charge < -0.3 is 19.9 Å². The molecule has 0 radical (unpaired) electrons.